The van der Waals surface area contributed by atoms with Crippen LogP contribution in [-0.4, -0.2) is 0 Å². The van der Waals surface area contributed by atoms with Gasteiger partial charge in [-0.15, -0.1) is 11.3 Å². The quantitative estimate of drug-likeness (QED) is 0.173. The lowest BCUT2D eigenvalue weighted by atomic mass is 9.66. The molecule has 2 aliphatic rings. The molecule has 3 heteroatoms. The van der Waals surface area contributed by atoms with Gasteiger partial charge in [-0.1, -0.05) is 158 Å². The number of hydrogen-bond donors (Lipinski definition) is 0. The van der Waals surface area contributed by atoms with Crippen molar-refractivity contribution in [2.24, 2.45) is 0 Å². The molecule has 10 aromatic rings. The number of ether oxygens (including phenoxy) is 1. The summed E-state index contributed by atoms with van der Waals surface area (Å²) in [6, 6.07) is 77.2. The van der Waals surface area contributed by atoms with Crippen molar-refractivity contribution < 1.29 is 4.74 Å². The molecule has 0 saturated carbocycles. The summed E-state index contributed by atoms with van der Waals surface area (Å²) in [5.74, 6) is 1.78. The predicted molar refractivity (Wildman–Crippen MR) is 242 cm³/mol. The summed E-state index contributed by atoms with van der Waals surface area (Å²) < 4.78 is 9.46. The van der Waals surface area contributed by atoms with Crippen LogP contribution in [0.15, 0.2) is 212 Å². The van der Waals surface area contributed by atoms with E-state index >= 15 is 0 Å². The standard InChI is InChI=1S/C55H35NOS/c1-2-14-36(15-3-1)37-28-31-40(32-29-37)56(49-24-13-27-53-54(49)44-20-6-11-26-52(44)58-53)41-17-12-16-38(34-41)39-30-33-48-51(35-39)57-50-25-10-9-23-47(50)55(48)45-21-7-4-18-42(45)43-19-5-8-22-46(43)55/h1-35H. The van der Waals surface area contributed by atoms with Crippen molar-refractivity contribution in [2.75, 3.05) is 4.90 Å². The summed E-state index contributed by atoms with van der Waals surface area (Å²) in [4.78, 5) is 2.42. The second kappa shape index (κ2) is 12.9. The SMILES string of the molecule is c1ccc(-c2ccc(N(c3cccc(-c4ccc5c(c4)Oc4ccccc4C54c5ccccc5-c5ccccc54)c3)c3cccc4sc5ccccc5c34)cc2)cc1. The summed E-state index contributed by atoms with van der Waals surface area (Å²) in [6.45, 7) is 0. The third-order valence-electron chi connectivity index (χ3n) is 12.1. The van der Waals surface area contributed by atoms with Gasteiger partial charge in [-0.25, -0.2) is 0 Å². The zero-order valence-corrected chi connectivity index (χ0v) is 32.3. The number of rotatable bonds is 5. The van der Waals surface area contributed by atoms with E-state index in [1.54, 1.807) is 0 Å². The fraction of sp³-hybridized carbons (Fsp3) is 0.0182. The molecule has 9 aromatic carbocycles. The van der Waals surface area contributed by atoms with Gasteiger partial charge in [0.15, 0.2) is 0 Å². The van der Waals surface area contributed by atoms with Gasteiger partial charge in [0.05, 0.1) is 11.1 Å². The maximum absolute atomic E-state index is 6.89. The fourth-order valence-electron chi connectivity index (χ4n) is 9.67. The molecule has 0 amide bonds. The van der Waals surface area contributed by atoms with Gasteiger partial charge in [0, 0.05) is 42.7 Å². The molecule has 2 heterocycles. The molecule has 12 rings (SSSR count). The molecule has 272 valence electrons. The normalized spacial score (nSPS) is 13.1. The van der Waals surface area contributed by atoms with Crippen molar-refractivity contribution in [3.05, 3.63) is 235 Å². The van der Waals surface area contributed by atoms with Crippen LogP contribution >= 0.6 is 11.3 Å². The Morgan fingerprint density at radius 1 is 0.379 bits per heavy atom. The lowest BCUT2D eigenvalue weighted by Crippen LogP contribution is -2.32. The van der Waals surface area contributed by atoms with Crippen LogP contribution < -0.4 is 9.64 Å². The van der Waals surface area contributed by atoms with Crippen LogP contribution in [0.1, 0.15) is 22.3 Å². The Morgan fingerprint density at radius 3 is 1.78 bits per heavy atom. The smallest absolute Gasteiger partial charge is 0.132 e. The van der Waals surface area contributed by atoms with Crippen molar-refractivity contribution in [3.8, 4) is 44.9 Å². The first-order valence-corrected chi connectivity index (χ1v) is 20.6. The lowest BCUT2D eigenvalue weighted by Gasteiger charge is -2.39. The van der Waals surface area contributed by atoms with Crippen LogP contribution in [0.25, 0.3) is 53.6 Å². The summed E-state index contributed by atoms with van der Waals surface area (Å²) >= 11 is 1.85. The molecule has 1 aliphatic heterocycles. The highest BCUT2D eigenvalue weighted by atomic mass is 32.1. The van der Waals surface area contributed by atoms with Crippen LogP contribution in [0, 0.1) is 0 Å². The maximum atomic E-state index is 6.89. The van der Waals surface area contributed by atoms with Gasteiger partial charge < -0.3 is 9.64 Å². The van der Waals surface area contributed by atoms with Gasteiger partial charge in [0.25, 0.3) is 0 Å². The van der Waals surface area contributed by atoms with Gasteiger partial charge in [0.2, 0.25) is 0 Å². The summed E-state index contributed by atoms with van der Waals surface area (Å²) in [6.07, 6.45) is 0. The van der Waals surface area contributed by atoms with Crippen molar-refractivity contribution in [1.82, 2.24) is 0 Å². The van der Waals surface area contributed by atoms with Gasteiger partial charge in [0.1, 0.15) is 11.5 Å². The molecule has 0 fully saturated rings. The molecular formula is C55H35NOS. The van der Waals surface area contributed by atoms with E-state index in [1.807, 2.05) is 11.3 Å². The highest BCUT2D eigenvalue weighted by Crippen LogP contribution is 2.62. The zero-order chi connectivity index (χ0) is 38.2. The van der Waals surface area contributed by atoms with Gasteiger partial charge in [-0.2, -0.15) is 0 Å². The summed E-state index contributed by atoms with van der Waals surface area (Å²) in [5, 5.41) is 2.54. The van der Waals surface area contributed by atoms with E-state index in [0.29, 0.717) is 0 Å². The molecule has 0 atom stereocenters. The number of hydrogen-bond acceptors (Lipinski definition) is 3. The molecule has 0 saturated heterocycles. The Bertz CT molecular complexity index is 3170. The molecule has 0 bridgehead atoms. The predicted octanol–water partition coefficient (Wildman–Crippen LogP) is 15.3. The first kappa shape index (κ1) is 33.0. The molecule has 1 aliphatic carbocycles. The van der Waals surface area contributed by atoms with Gasteiger partial charge in [-0.3, -0.25) is 0 Å². The van der Waals surface area contributed by atoms with E-state index in [-0.39, 0.29) is 0 Å². The molecular weight excluding hydrogens is 723 g/mol. The number of fused-ring (bicyclic) bond motifs is 12. The molecule has 1 spiro atoms. The monoisotopic (exact) mass is 757 g/mol. The first-order chi connectivity index (χ1) is 28.8. The number of thiophene rings is 1. The van der Waals surface area contributed by atoms with Crippen LogP contribution in [0.2, 0.25) is 0 Å². The van der Waals surface area contributed by atoms with Crippen LogP contribution in [-0.2, 0) is 5.41 Å². The largest absolute Gasteiger partial charge is 0.457 e. The molecule has 1 aromatic heterocycles. The van der Waals surface area contributed by atoms with Crippen molar-refractivity contribution >= 4 is 48.6 Å². The third kappa shape index (κ3) is 4.84. The molecule has 0 unspecified atom stereocenters. The molecule has 0 N–H and O–H groups in total. The Labute approximate surface area is 341 Å². The van der Waals surface area contributed by atoms with Gasteiger partial charge in [-0.05, 0) is 99.1 Å². The van der Waals surface area contributed by atoms with Crippen LogP contribution in [0.3, 0.4) is 0 Å². The van der Waals surface area contributed by atoms with E-state index in [2.05, 4.69) is 217 Å². The minimum absolute atomic E-state index is 0.484. The average Bonchev–Trinajstić information content (AvgIpc) is 3.82. The zero-order valence-electron chi connectivity index (χ0n) is 31.5. The number of anilines is 3. The minimum atomic E-state index is -0.484. The Balaban J connectivity index is 1.03. The minimum Gasteiger partial charge on any atom is -0.457 e. The van der Waals surface area contributed by atoms with E-state index in [0.717, 1.165) is 39.7 Å². The fourth-order valence-corrected chi connectivity index (χ4v) is 10.8. The highest BCUT2D eigenvalue weighted by Gasteiger charge is 2.50. The van der Waals surface area contributed by atoms with E-state index < -0.39 is 5.41 Å². The van der Waals surface area contributed by atoms with E-state index in [4.69, 9.17) is 4.74 Å². The second-order valence-electron chi connectivity index (χ2n) is 15.2. The van der Waals surface area contributed by atoms with Crippen molar-refractivity contribution in [3.63, 3.8) is 0 Å². The topological polar surface area (TPSA) is 12.5 Å². The van der Waals surface area contributed by atoms with Crippen molar-refractivity contribution in [2.45, 2.75) is 5.41 Å². The number of nitrogens with zero attached hydrogens (tertiary/aromatic N) is 1. The summed E-state index contributed by atoms with van der Waals surface area (Å²) in [7, 11) is 0. The molecule has 2 nitrogen and oxygen atoms in total. The third-order valence-corrected chi connectivity index (χ3v) is 13.3. The van der Waals surface area contributed by atoms with Crippen LogP contribution in [0.4, 0.5) is 17.1 Å². The van der Waals surface area contributed by atoms with E-state index in [1.165, 1.54) is 64.7 Å². The summed E-state index contributed by atoms with van der Waals surface area (Å²) in [5.41, 5.74) is 15.0. The van der Waals surface area contributed by atoms with E-state index in [9.17, 15) is 0 Å². The van der Waals surface area contributed by atoms with Crippen molar-refractivity contribution in [1.29, 1.82) is 0 Å². The first-order valence-electron chi connectivity index (χ1n) is 19.8. The lowest BCUT2D eigenvalue weighted by molar-refractivity contribution is 0.436. The molecule has 58 heavy (non-hydrogen) atoms. The number of benzene rings is 9. The Hall–Kier alpha value is -7.20. The average molecular weight is 758 g/mol. The second-order valence-corrected chi connectivity index (χ2v) is 16.3. The number of para-hydroxylation sites is 1. The van der Waals surface area contributed by atoms with Crippen LogP contribution in [0.5, 0.6) is 11.5 Å². The Kier molecular flexibility index (Phi) is 7.35. The van der Waals surface area contributed by atoms with Gasteiger partial charge >= 0.3 is 0 Å². The Morgan fingerprint density at radius 2 is 0.966 bits per heavy atom. The molecule has 0 radical (unpaired) electrons. The highest BCUT2D eigenvalue weighted by molar-refractivity contribution is 7.26. The maximum Gasteiger partial charge on any atom is 0.132 e.